The van der Waals surface area contributed by atoms with Gasteiger partial charge in [-0.05, 0) is 74.1 Å². The van der Waals surface area contributed by atoms with E-state index in [0.29, 0.717) is 28.1 Å². The number of nitrogens with one attached hydrogen (secondary N) is 3. The largest absolute Gasteiger partial charge is 0.490 e. The standard InChI is InChI=1S/C50H55ClN10O6S2/c1-27-29(3)69-49-42(27)43(32-12-14-34(51)15-13-32)56-38(46-59-58-30(4)61(46)49)22-40(63)52-18-19-67-37-17-16-35(53-24-37)20-41(64)57-45(50(5,6)7)48(66)60-25-36(62)21-39(60)47(65)54-23-31-8-10-33(11-9-31)44-28(2)55-26-68-44/h8-17,24,26,36,38-39,45,62H,18-23,25H2,1-7H3,(H,52,63)(H,54,65)(H,57,64)/t36-,38+,39+,45?/m1/s1. The van der Waals surface area contributed by atoms with Crippen LogP contribution in [0.1, 0.15) is 89.8 Å². The number of likely N-dealkylation sites (tertiary alicyclic amines) is 1. The quantitative estimate of drug-likeness (QED) is 0.0816. The van der Waals surface area contributed by atoms with Gasteiger partial charge in [-0.1, -0.05) is 68.8 Å². The molecule has 0 radical (unpaired) electrons. The molecule has 2 aliphatic rings. The van der Waals surface area contributed by atoms with Crippen molar-refractivity contribution in [2.24, 2.45) is 10.4 Å². The van der Waals surface area contributed by atoms with Crippen LogP contribution in [0.5, 0.6) is 5.75 Å². The van der Waals surface area contributed by atoms with Crippen LogP contribution < -0.4 is 20.7 Å². The topological polar surface area (TPSA) is 206 Å². The molecule has 8 rings (SSSR count). The molecule has 69 heavy (non-hydrogen) atoms. The Kier molecular flexibility index (Phi) is 14.7. The van der Waals surface area contributed by atoms with Gasteiger partial charge in [0.25, 0.3) is 0 Å². The van der Waals surface area contributed by atoms with Crippen LogP contribution in [-0.2, 0) is 32.1 Å². The van der Waals surface area contributed by atoms with Crippen LogP contribution in [0.3, 0.4) is 0 Å². The third-order valence-electron chi connectivity index (χ3n) is 12.3. The van der Waals surface area contributed by atoms with Crippen molar-refractivity contribution in [1.82, 2.24) is 45.6 Å². The first kappa shape index (κ1) is 49.1. The predicted molar refractivity (Wildman–Crippen MR) is 266 cm³/mol. The molecule has 360 valence electrons. The van der Waals surface area contributed by atoms with Gasteiger partial charge in [0.05, 0.1) is 53.5 Å². The number of aryl methyl sites for hydroxylation is 3. The first-order chi connectivity index (χ1) is 32.9. The number of carbonyl (C=O) groups excluding carboxylic acids is 4. The fraction of sp³-hybridized carbons (Fsp3) is 0.380. The van der Waals surface area contributed by atoms with Gasteiger partial charge in [-0.3, -0.25) is 33.7 Å². The first-order valence-electron chi connectivity index (χ1n) is 22.7. The van der Waals surface area contributed by atoms with Gasteiger partial charge >= 0.3 is 0 Å². The van der Waals surface area contributed by atoms with Crippen LogP contribution in [0.4, 0.5) is 0 Å². The summed E-state index contributed by atoms with van der Waals surface area (Å²) in [6, 6.07) is 16.2. The lowest BCUT2D eigenvalue weighted by molar-refractivity contribution is -0.144. The van der Waals surface area contributed by atoms with Gasteiger partial charge in [-0.25, -0.2) is 4.98 Å². The number of benzene rings is 2. The zero-order chi connectivity index (χ0) is 49.1. The maximum absolute atomic E-state index is 14.1. The highest BCUT2D eigenvalue weighted by molar-refractivity contribution is 7.15. The van der Waals surface area contributed by atoms with E-state index >= 15 is 0 Å². The number of aromatic nitrogens is 5. The van der Waals surface area contributed by atoms with Crippen molar-refractivity contribution in [3.05, 3.63) is 128 Å². The number of ether oxygens (including phenoxy) is 1. The number of aliphatic hydroxyl groups excluding tert-OH is 1. The smallest absolute Gasteiger partial charge is 0.246 e. The van der Waals surface area contributed by atoms with E-state index in [2.05, 4.69) is 50.0 Å². The van der Waals surface area contributed by atoms with Crippen LogP contribution in [-0.4, -0.2) is 102 Å². The molecule has 1 unspecified atom stereocenters. The van der Waals surface area contributed by atoms with E-state index in [0.717, 1.165) is 54.0 Å². The van der Waals surface area contributed by atoms with Gasteiger partial charge in [0.1, 0.15) is 41.3 Å². The maximum atomic E-state index is 14.1. The fourth-order valence-corrected chi connectivity index (χ4v) is 10.6. The summed E-state index contributed by atoms with van der Waals surface area (Å²) >= 11 is 9.46. The highest BCUT2D eigenvalue weighted by atomic mass is 35.5. The fourth-order valence-electron chi connectivity index (χ4n) is 8.50. The second kappa shape index (κ2) is 20.7. The van der Waals surface area contributed by atoms with E-state index in [1.54, 1.807) is 34.8 Å². The molecule has 16 nitrogen and oxygen atoms in total. The van der Waals surface area contributed by atoms with Gasteiger partial charge < -0.3 is 30.7 Å². The van der Waals surface area contributed by atoms with Crippen LogP contribution in [0.2, 0.25) is 5.02 Å². The number of halogens is 1. The summed E-state index contributed by atoms with van der Waals surface area (Å²) in [6.07, 6.45) is 0.604. The molecule has 0 bridgehead atoms. The number of β-amino-alcohol motifs (C(OH)–C–C–N with tert-alkyl or cyclic N) is 1. The van der Waals surface area contributed by atoms with Crippen LogP contribution in [0.25, 0.3) is 15.4 Å². The number of fused-ring (bicyclic) bond motifs is 3. The van der Waals surface area contributed by atoms with E-state index < -0.39 is 41.5 Å². The normalized spacial score (nSPS) is 17.0. The summed E-state index contributed by atoms with van der Waals surface area (Å²) in [5, 5.41) is 29.8. The van der Waals surface area contributed by atoms with Crippen molar-refractivity contribution in [2.75, 3.05) is 19.7 Å². The van der Waals surface area contributed by atoms with Gasteiger partial charge in [0.15, 0.2) is 5.82 Å². The van der Waals surface area contributed by atoms with Crippen LogP contribution >= 0.6 is 34.3 Å². The summed E-state index contributed by atoms with van der Waals surface area (Å²) in [4.78, 5) is 72.1. The molecule has 2 aliphatic heterocycles. The lowest BCUT2D eigenvalue weighted by atomic mass is 9.85. The molecular weight excluding hydrogens is 936 g/mol. The highest BCUT2D eigenvalue weighted by Crippen LogP contribution is 2.40. The SMILES string of the molecule is Cc1ncsc1-c1ccc(CNC(=O)[C@@H]2C[C@@H](O)CN2C(=O)C(NC(=O)Cc2ccc(OCCNC(=O)C[C@@H]3N=C(c4ccc(Cl)cc4)c4c(sc(C)c4C)-n4c(C)nnc43)cn2)C(C)(C)C)cc1. The van der Waals surface area contributed by atoms with Gasteiger partial charge in [-0.15, -0.1) is 32.9 Å². The molecular formula is C50H55ClN10O6S2. The summed E-state index contributed by atoms with van der Waals surface area (Å²) in [5.41, 5.74) is 8.15. The Morgan fingerprint density at radius 2 is 1.67 bits per heavy atom. The van der Waals surface area contributed by atoms with Gasteiger partial charge in [0.2, 0.25) is 23.6 Å². The average molecular weight is 992 g/mol. The molecule has 0 saturated carbocycles. The molecule has 1 fully saturated rings. The maximum Gasteiger partial charge on any atom is 0.246 e. The van der Waals surface area contributed by atoms with E-state index in [9.17, 15) is 24.3 Å². The number of amides is 4. The third kappa shape index (κ3) is 11.1. The molecule has 4 atom stereocenters. The lowest BCUT2D eigenvalue weighted by Crippen LogP contribution is -2.58. The van der Waals surface area contributed by atoms with Crippen molar-refractivity contribution in [2.45, 2.75) is 98.5 Å². The number of nitrogens with zero attached hydrogens (tertiary/aromatic N) is 7. The molecule has 6 aromatic rings. The van der Waals surface area contributed by atoms with E-state index in [1.807, 2.05) is 93.2 Å². The summed E-state index contributed by atoms with van der Waals surface area (Å²) in [7, 11) is 0. The van der Waals surface area contributed by atoms with Crippen molar-refractivity contribution in [3.63, 3.8) is 0 Å². The van der Waals surface area contributed by atoms with Crippen molar-refractivity contribution in [1.29, 1.82) is 0 Å². The molecule has 4 N–H and O–H groups in total. The number of thiazole rings is 1. The summed E-state index contributed by atoms with van der Waals surface area (Å²) in [5.74, 6) is 0.229. The van der Waals surface area contributed by atoms with E-state index in [-0.39, 0.29) is 57.3 Å². The number of rotatable bonds is 15. The minimum atomic E-state index is -0.990. The zero-order valence-electron chi connectivity index (χ0n) is 39.5. The average Bonchev–Trinajstić information content (AvgIpc) is 4.09. The Hall–Kier alpha value is -6.34. The van der Waals surface area contributed by atoms with Gasteiger partial charge in [0, 0.05) is 46.2 Å². The molecule has 19 heteroatoms. The molecule has 4 aromatic heterocycles. The monoisotopic (exact) mass is 990 g/mol. The van der Waals surface area contributed by atoms with E-state index in [4.69, 9.17) is 21.3 Å². The molecule has 0 aliphatic carbocycles. The van der Waals surface area contributed by atoms with Crippen LogP contribution in [0, 0.1) is 33.1 Å². The van der Waals surface area contributed by atoms with E-state index in [1.165, 1.54) is 11.1 Å². The second-order valence-electron chi connectivity index (χ2n) is 18.4. The third-order valence-corrected chi connectivity index (χ3v) is 14.7. The molecule has 2 aromatic carbocycles. The minimum absolute atomic E-state index is 0.0307. The van der Waals surface area contributed by atoms with Crippen molar-refractivity contribution in [3.8, 4) is 21.2 Å². The Balaban J connectivity index is 0.829. The second-order valence-corrected chi connectivity index (χ2v) is 20.9. The number of thiophene rings is 1. The molecule has 4 amide bonds. The van der Waals surface area contributed by atoms with Gasteiger partial charge in [-0.2, -0.15) is 0 Å². The number of aliphatic hydroxyl groups is 1. The highest BCUT2D eigenvalue weighted by Gasteiger charge is 2.44. The number of hydrogen-bond acceptors (Lipinski definition) is 13. The Bertz CT molecular complexity index is 2890. The molecule has 1 saturated heterocycles. The minimum Gasteiger partial charge on any atom is -0.490 e. The number of carbonyl (C=O) groups is 4. The lowest BCUT2D eigenvalue weighted by Gasteiger charge is -2.35. The Labute approximate surface area is 413 Å². The Morgan fingerprint density at radius 3 is 2.35 bits per heavy atom. The first-order valence-corrected chi connectivity index (χ1v) is 24.8. The molecule has 0 spiro atoms. The van der Waals surface area contributed by atoms with Crippen molar-refractivity contribution >= 4 is 63.6 Å². The predicted octanol–water partition coefficient (Wildman–Crippen LogP) is 6.56. The number of aliphatic imine (C=N–C) groups is 1. The zero-order valence-corrected chi connectivity index (χ0v) is 41.9. The van der Waals surface area contributed by atoms with Crippen LogP contribution in [0.15, 0.2) is 77.4 Å². The number of hydrogen-bond donors (Lipinski definition) is 4. The summed E-state index contributed by atoms with van der Waals surface area (Å²) < 4.78 is 7.88. The van der Waals surface area contributed by atoms with Crippen molar-refractivity contribution < 1.29 is 29.0 Å². The summed E-state index contributed by atoms with van der Waals surface area (Å²) in [6.45, 7) is 14.1. The Morgan fingerprint density at radius 1 is 0.928 bits per heavy atom. The molecule has 6 heterocycles. The number of pyridine rings is 1.